The number of H-pyrrole nitrogens is 1. The van der Waals surface area contributed by atoms with Crippen LogP contribution >= 0.6 is 11.3 Å². The van der Waals surface area contributed by atoms with Crippen molar-refractivity contribution in [3.8, 4) is 11.3 Å². The second-order valence-corrected chi connectivity index (χ2v) is 5.16. The summed E-state index contributed by atoms with van der Waals surface area (Å²) in [5.74, 6) is 1.09. The SMILES string of the molecule is NCCCc1nc2c([nH]1)CCc1sccc1-2. The Kier molecular flexibility index (Phi) is 2.53. The summed E-state index contributed by atoms with van der Waals surface area (Å²) < 4.78 is 0. The summed E-state index contributed by atoms with van der Waals surface area (Å²) in [7, 11) is 0. The third-order valence-corrected chi connectivity index (χ3v) is 4.03. The molecule has 2 aromatic heterocycles. The van der Waals surface area contributed by atoms with Crippen LogP contribution in [0.25, 0.3) is 11.3 Å². The molecule has 0 radical (unpaired) electrons. The van der Waals surface area contributed by atoms with E-state index in [9.17, 15) is 0 Å². The minimum absolute atomic E-state index is 0.731. The molecule has 2 aromatic rings. The molecule has 0 atom stereocenters. The summed E-state index contributed by atoms with van der Waals surface area (Å²) in [4.78, 5) is 9.61. The van der Waals surface area contributed by atoms with Gasteiger partial charge in [-0.1, -0.05) is 0 Å². The van der Waals surface area contributed by atoms with Gasteiger partial charge in [-0.2, -0.15) is 0 Å². The Bertz CT molecular complexity index is 498. The van der Waals surface area contributed by atoms with Gasteiger partial charge in [0.25, 0.3) is 0 Å². The van der Waals surface area contributed by atoms with Crippen molar-refractivity contribution in [3.63, 3.8) is 0 Å². The number of nitrogens with one attached hydrogen (secondary N) is 1. The smallest absolute Gasteiger partial charge is 0.107 e. The number of hydrogen-bond donors (Lipinski definition) is 2. The van der Waals surface area contributed by atoms with E-state index in [0.29, 0.717) is 0 Å². The fraction of sp³-hybridized carbons (Fsp3) is 0.417. The largest absolute Gasteiger partial charge is 0.345 e. The van der Waals surface area contributed by atoms with Crippen LogP contribution in [-0.2, 0) is 19.3 Å². The van der Waals surface area contributed by atoms with Crippen molar-refractivity contribution in [1.29, 1.82) is 0 Å². The lowest BCUT2D eigenvalue weighted by Crippen LogP contribution is -2.01. The molecule has 0 amide bonds. The van der Waals surface area contributed by atoms with Gasteiger partial charge in [0, 0.05) is 22.6 Å². The molecule has 0 unspecified atom stereocenters. The van der Waals surface area contributed by atoms with Crippen molar-refractivity contribution in [2.75, 3.05) is 6.54 Å². The fourth-order valence-corrected chi connectivity index (χ4v) is 3.12. The van der Waals surface area contributed by atoms with Crippen LogP contribution in [0.5, 0.6) is 0 Å². The summed E-state index contributed by atoms with van der Waals surface area (Å²) in [5.41, 5.74) is 9.33. The number of aryl methyl sites for hydroxylation is 3. The number of hydrogen-bond acceptors (Lipinski definition) is 3. The molecule has 3 nitrogen and oxygen atoms in total. The normalized spacial score (nSPS) is 13.6. The van der Waals surface area contributed by atoms with Crippen molar-refractivity contribution < 1.29 is 0 Å². The van der Waals surface area contributed by atoms with Crippen molar-refractivity contribution in [1.82, 2.24) is 9.97 Å². The maximum absolute atomic E-state index is 5.52. The Morgan fingerprint density at radius 2 is 2.38 bits per heavy atom. The highest BCUT2D eigenvalue weighted by Gasteiger charge is 2.20. The van der Waals surface area contributed by atoms with Crippen LogP contribution in [0.2, 0.25) is 0 Å². The number of rotatable bonds is 3. The zero-order valence-corrected chi connectivity index (χ0v) is 9.94. The van der Waals surface area contributed by atoms with E-state index in [0.717, 1.165) is 38.1 Å². The summed E-state index contributed by atoms with van der Waals surface area (Å²) in [6, 6.07) is 2.19. The molecular formula is C12H15N3S. The van der Waals surface area contributed by atoms with Crippen molar-refractivity contribution in [2.24, 2.45) is 5.73 Å². The minimum atomic E-state index is 0.731. The van der Waals surface area contributed by atoms with Gasteiger partial charge < -0.3 is 10.7 Å². The van der Waals surface area contributed by atoms with Gasteiger partial charge in [0.2, 0.25) is 0 Å². The Morgan fingerprint density at radius 1 is 1.44 bits per heavy atom. The number of aromatic amines is 1. The van der Waals surface area contributed by atoms with Crippen LogP contribution in [0, 0.1) is 0 Å². The number of thiophene rings is 1. The predicted molar refractivity (Wildman–Crippen MR) is 66.7 cm³/mol. The fourth-order valence-electron chi connectivity index (χ4n) is 2.24. The van der Waals surface area contributed by atoms with E-state index in [-0.39, 0.29) is 0 Å². The van der Waals surface area contributed by atoms with Crippen LogP contribution in [0.15, 0.2) is 11.4 Å². The second kappa shape index (κ2) is 4.03. The van der Waals surface area contributed by atoms with Crippen molar-refractivity contribution in [2.45, 2.75) is 25.7 Å². The number of nitrogens with two attached hydrogens (primary N) is 1. The third kappa shape index (κ3) is 1.58. The molecule has 0 bridgehead atoms. The van der Waals surface area contributed by atoms with Gasteiger partial charge >= 0.3 is 0 Å². The molecular weight excluding hydrogens is 218 g/mol. The highest BCUT2D eigenvalue weighted by molar-refractivity contribution is 7.10. The lowest BCUT2D eigenvalue weighted by molar-refractivity contribution is 0.789. The summed E-state index contributed by atoms with van der Waals surface area (Å²) in [5, 5.41) is 2.16. The van der Waals surface area contributed by atoms with Gasteiger partial charge in [0.1, 0.15) is 5.82 Å². The Balaban J connectivity index is 1.96. The molecule has 1 aliphatic carbocycles. The molecule has 0 fully saturated rings. The van der Waals surface area contributed by atoms with Crippen LogP contribution in [0.1, 0.15) is 22.8 Å². The Hall–Kier alpha value is -1.13. The van der Waals surface area contributed by atoms with Gasteiger partial charge in [-0.05, 0) is 37.3 Å². The van der Waals surface area contributed by atoms with E-state index >= 15 is 0 Å². The molecule has 4 heteroatoms. The van der Waals surface area contributed by atoms with Crippen LogP contribution in [0.4, 0.5) is 0 Å². The maximum atomic E-state index is 5.52. The number of fused-ring (bicyclic) bond motifs is 3. The van der Waals surface area contributed by atoms with Gasteiger partial charge in [-0.15, -0.1) is 11.3 Å². The summed E-state index contributed by atoms with van der Waals surface area (Å²) in [6.45, 7) is 0.731. The van der Waals surface area contributed by atoms with Gasteiger partial charge in [0.15, 0.2) is 0 Å². The van der Waals surface area contributed by atoms with E-state index in [2.05, 4.69) is 16.4 Å². The monoisotopic (exact) mass is 233 g/mol. The standard InChI is InChI=1S/C12H15N3S/c13-6-1-2-11-14-9-3-4-10-8(5-7-16-10)12(9)15-11/h5,7H,1-4,6,13H2,(H,14,15). The first kappa shape index (κ1) is 10.1. The molecule has 0 saturated carbocycles. The van der Waals surface area contributed by atoms with E-state index in [4.69, 9.17) is 10.7 Å². The van der Waals surface area contributed by atoms with E-state index in [1.165, 1.54) is 21.8 Å². The number of imidazole rings is 1. The first-order valence-corrected chi connectivity index (χ1v) is 6.61. The molecule has 2 heterocycles. The lowest BCUT2D eigenvalue weighted by Gasteiger charge is -2.09. The minimum Gasteiger partial charge on any atom is -0.345 e. The predicted octanol–water partition coefficient (Wildman–Crippen LogP) is 2.13. The molecule has 3 rings (SSSR count). The van der Waals surface area contributed by atoms with E-state index in [1.54, 1.807) is 0 Å². The first-order valence-electron chi connectivity index (χ1n) is 5.73. The van der Waals surface area contributed by atoms with E-state index in [1.807, 2.05) is 11.3 Å². The van der Waals surface area contributed by atoms with Crippen LogP contribution in [0.3, 0.4) is 0 Å². The van der Waals surface area contributed by atoms with Gasteiger partial charge in [-0.25, -0.2) is 4.98 Å². The number of nitrogens with zero attached hydrogens (tertiary/aromatic N) is 1. The molecule has 0 spiro atoms. The highest BCUT2D eigenvalue weighted by atomic mass is 32.1. The molecule has 84 valence electrons. The molecule has 0 saturated heterocycles. The topological polar surface area (TPSA) is 54.7 Å². The first-order chi connectivity index (χ1) is 7.88. The number of aromatic nitrogens is 2. The highest BCUT2D eigenvalue weighted by Crippen LogP contribution is 2.35. The Morgan fingerprint density at radius 3 is 3.25 bits per heavy atom. The average Bonchev–Trinajstić information content (AvgIpc) is 2.90. The molecule has 1 aliphatic rings. The van der Waals surface area contributed by atoms with Gasteiger partial charge in [-0.3, -0.25) is 0 Å². The second-order valence-electron chi connectivity index (χ2n) is 4.16. The summed E-state index contributed by atoms with van der Waals surface area (Å²) >= 11 is 1.84. The Labute approximate surface area is 98.7 Å². The molecule has 0 aliphatic heterocycles. The third-order valence-electron chi connectivity index (χ3n) is 3.05. The zero-order valence-electron chi connectivity index (χ0n) is 9.12. The van der Waals surface area contributed by atoms with E-state index < -0.39 is 0 Å². The van der Waals surface area contributed by atoms with Crippen molar-refractivity contribution >= 4 is 11.3 Å². The zero-order chi connectivity index (χ0) is 11.0. The molecule has 0 aromatic carbocycles. The average molecular weight is 233 g/mol. The molecule has 16 heavy (non-hydrogen) atoms. The molecule has 3 N–H and O–H groups in total. The quantitative estimate of drug-likeness (QED) is 0.853. The maximum Gasteiger partial charge on any atom is 0.107 e. The lowest BCUT2D eigenvalue weighted by atomic mass is 10.0. The van der Waals surface area contributed by atoms with Crippen molar-refractivity contribution in [3.05, 3.63) is 27.8 Å². The van der Waals surface area contributed by atoms with Gasteiger partial charge in [0.05, 0.1) is 5.69 Å². The van der Waals surface area contributed by atoms with Crippen LogP contribution < -0.4 is 5.73 Å². The summed E-state index contributed by atoms with van der Waals surface area (Å²) in [6.07, 6.45) is 4.21. The van der Waals surface area contributed by atoms with Crippen LogP contribution in [-0.4, -0.2) is 16.5 Å².